The molecule has 2 atom stereocenters. The Labute approximate surface area is 161 Å². The van der Waals surface area contributed by atoms with Crippen molar-refractivity contribution < 1.29 is 33.4 Å². The van der Waals surface area contributed by atoms with E-state index in [-0.39, 0.29) is 0 Å². The van der Waals surface area contributed by atoms with Crippen LogP contribution in [0.5, 0.6) is 0 Å². The fourth-order valence-corrected chi connectivity index (χ4v) is 2.51. The molecule has 1 aromatic carbocycles. The number of nitrogens with one attached hydrogen (secondary N) is 2. The second-order valence-electron chi connectivity index (χ2n) is 5.88. The molecule has 10 nitrogen and oxygen atoms in total. The van der Waals surface area contributed by atoms with Gasteiger partial charge >= 0.3 is 11.9 Å². The second-order valence-corrected chi connectivity index (χ2v) is 5.88. The molecular formula is C18H23N3O7. The summed E-state index contributed by atoms with van der Waals surface area (Å²) < 4.78 is 9.12. The first-order valence-electron chi connectivity index (χ1n) is 8.30. The third-order valence-corrected chi connectivity index (χ3v) is 4.03. The maximum absolute atomic E-state index is 12.1. The van der Waals surface area contributed by atoms with Crippen LogP contribution in [-0.4, -0.2) is 56.5 Å². The van der Waals surface area contributed by atoms with Crippen molar-refractivity contribution in [2.24, 2.45) is 17.6 Å². The molecular weight excluding hydrogens is 370 g/mol. The largest absolute Gasteiger partial charge is 0.468 e. The standard InChI is InChI=1S/C18H23N3O7/c1-10(13(17(25)27-2)18(26)28-3)14(15(19)23)21-12(22)9-20-16(24)11-7-5-4-6-8-11/h4-8,10,13-14H,9H2,1-3H3,(H2,19,23)(H,20,24)(H,21,22)/t10-,14-/m1/s1. The summed E-state index contributed by atoms with van der Waals surface area (Å²) in [4.78, 5) is 59.7. The predicted molar refractivity (Wildman–Crippen MR) is 96.6 cm³/mol. The normalized spacial score (nSPS) is 12.4. The van der Waals surface area contributed by atoms with Crippen molar-refractivity contribution in [1.29, 1.82) is 0 Å². The van der Waals surface area contributed by atoms with E-state index in [2.05, 4.69) is 20.1 Å². The topological polar surface area (TPSA) is 154 Å². The van der Waals surface area contributed by atoms with Crippen LogP contribution in [-0.2, 0) is 28.7 Å². The maximum atomic E-state index is 12.1. The molecule has 0 heterocycles. The number of esters is 2. The summed E-state index contributed by atoms with van der Waals surface area (Å²) in [7, 11) is 2.14. The molecule has 0 unspecified atom stereocenters. The Morgan fingerprint density at radius 3 is 2.00 bits per heavy atom. The highest BCUT2D eigenvalue weighted by atomic mass is 16.5. The molecule has 0 aliphatic heterocycles. The molecule has 152 valence electrons. The van der Waals surface area contributed by atoms with Crippen LogP contribution in [0.15, 0.2) is 30.3 Å². The molecule has 10 heteroatoms. The summed E-state index contributed by atoms with van der Waals surface area (Å²) in [5.41, 5.74) is 5.66. The predicted octanol–water partition coefficient (Wildman–Crippen LogP) is -1.02. The van der Waals surface area contributed by atoms with Crippen LogP contribution in [0.4, 0.5) is 0 Å². The lowest BCUT2D eigenvalue weighted by Crippen LogP contribution is -2.54. The summed E-state index contributed by atoms with van der Waals surface area (Å²) in [6, 6.07) is 6.84. The molecule has 0 bridgehead atoms. The first-order valence-corrected chi connectivity index (χ1v) is 8.30. The van der Waals surface area contributed by atoms with Crippen LogP contribution in [0.3, 0.4) is 0 Å². The first kappa shape index (κ1) is 22.6. The second kappa shape index (κ2) is 10.7. The number of rotatable bonds is 9. The molecule has 0 fully saturated rings. The van der Waals surface area contributed by atoms with Crippen LogP contribution in [0.1, 0.15) is 17.3 Å². The highest BCUT2D eigenvalue weighted by Crippen LogP contribution is 2.19. The molecule has 0 radical (unpaired) electrons. The third kappa shape index (κ3) is 6.08. The highest BCUT2D eigenvalue weighted by Gasteiger charge is 2.41. The lowest BCUT2D eigenvalue weighted by Gasteiger charge is -2.26. The van der Waals surface area contributed by atoms with Crippen molar-refractivity contribution in [2.75, 3.05) is 20.8 Å². The van der Waals surface area contributed by atoms with Crippen molar-refractivity contribution in [3.05, 3.63) is 35.9 Å². The number of hydrogen-bond donors (Lipinski definition) is 3. The fraction of sp³-hybridized carbons (Fsp3) is 0.389. The lowest BCUT2D eigenvalue weighted by molar-refractivity contribution is -0.162. The van der Waals surface area contributed by atoms with E-state index < -0.39 is 54.1 Å². The number of primary amides is 1. The molecule has 0 aliphatic rings. The van der Waals surface area contributed by atoms with Crippen LogP contribution < -0.4 is 16.4 Å². The van der Waals surface area contributed by atoms with E-state index in [1.54, 1.807) is 30.3 Å². The monoisotopic (exact) mass is 393 g/mol. The Bertz CT molecular complexity index is 720. The molecule has 1 aromatic rings. The smallest absolute Gasteiger partial charge is 0.320 e. The number of carbonyl (C=O) groups is 5. The van der Waals surface area contributed by atoms with Gasteiger partial charge in [0, 0.05) is 11.5 Å². The van der Waals surface area contributed by atoms with Gasteiger partial charge in [-0.15, -0.1) is 0 Å². The van der Waals surface area contributed by atoms with Gasteiger partial charge < -0.3 is 25.8 Å². The molecule has 0 aromatic heterocycles. The number of amides is 3. The average Bonchev–Trinajstić information content (AvgIpc) is 2.70. The van der Waals surface area contributed by atoms with Crippen molar-refractivity contribution in [3.8, 4) is 0 Å². The quantitative estimate of drug-likeness (QED) is 0.358. The van der Waals surface area contributed by atoms with Gasteiger partial charge in [-0.25, -0.2) is 0 Å². The number of carbonyl (C=O) groups excluding carboxylic acids is 5. The summed E-state index contributed by atoms with van der Waals surface area (Å²) >= 11 is 0. The van der Waals surface area contributed by atoms with Crippen LogP contribution >= 0.6 is 0 Å². The third-order valence-electron chi connectivity index (χ3n) is 4.03. The SMILES string of the molecule is COC(=O)C(C(=O)OC)[C@@H](C)[C@@H](NC(=O)CNC(=O)c1ccccc1)C(N)=O. The summed E-state index contributed by atoms with van der Waals surface area (Å²) in [5.74, 6) is -6.56. The zero-order valence-electron chi connectivity index (χ0n) is 15.8. The van der Waals surface area contributed by atoms with E-state index in [0.717, 1.165) is 14.2 Å². The Morgan fingerprint density at radius 1 is 1.00 bits per heavy atom. The number of methoxy groups -OCH3 is 2. The first-order chi connectivity index (χ1) is 13.2. The van der Waals surface area contributed by atoms with E-state index in [9.17, 15) is 24.0 Å². The fourth-order valence-electron chi connectivity index (χ4n) is 2.51. The van der Waals surface area contributed by atoms with Crippen molar-refractivity contribution in [3.63, 3.8) is 0 Å². The van der Waals surface area contributed by atoms with Crippen LogP contribution in [0.25, 0.3) is 0 Å². The van der Waals surface area contributed by atoms with E-state index in [1.165, 1.54) is 6.92 Å². The molecule has 1 rings (SSSR count). The Balaban J connectivity index is 2.81. The van der Waals surface area contributed by atoms with Gasteiger partial charge in [-0.05, 0) is 12.1 Å². The number of benzene rings is 1. The number of ether oxygens (including phenoxy) is 2. The molecule has 0 saturated heterocycles. The summed E-state index contributed by atoms with van der Waals surface area (Å²) in [5, 5.41) is 4.71. The van der Waals surface area contributed by atoms with Gasteiger partial charge in [0.05, 0.1) is 20.8 Å². The molecule has 3 amide bonds. The van der Waals surface area contributed by atoms with E-state index in [0.29, 0.717) is 5.56 Å². The van der Waals surface area contributed by atoms with Gasteiger partial charge in [0.2, 0.25) is 11.8 Å². The molecule has 28 heavy (non-hydrogen) atoms. The Hall–Kier alpha value is -3.43. The van der Waals surface area contributed by atoms with Crippen LogP contribution in [0.2, 0.25) is 0 Å². The molecule has 0 spiro atoms. The van der Waals surface area contributed by atoms with Crippen molar-refractivity contribution in [1.82, 2.24) is 10.6 Å². The minimum Gasteiger partial charge on any atom is -0.468 e. The molecule has 0 saturated carbocycles. The van der Waals surface area contributed by atoms with Gasteiger partial charge in [-0.3, -0.25) is 24.0 Å². The zero-order chi connectivity index (χ0) is 21.3. The molecule has 4 N–H and O–H groups in total. The van der Waals surface area contributed by atoms with Gasteiger partial charge in [-0.2, -0.15) is 0 Å². The summed E-state index contributed by atoms with van der Waals surface area (Å²) in [6.07, 6.45) is 0. The molecule has 0 aliphatic carbocycles. The maximum Gasteiger partial charge on any atom is 0.320 e. The minimum atomic E-state index is -1.47. The highest BCUT2D eigenvalue weighted by molar-refractivity contribution is 5.98. The van der Waals surface area contributed by atoms with Crippen molar-refractivity contribution in [2.45, 2.75) is 13.0 Å². The van der Waals surface area contributed by atoms with Crippen LogP contribution in [0, 0.1) is 11.8 Å². The van der Waals surface area contributed by atoms with Gasteiger partial charge in [0.25, 0.3) is 5.91 Å². The average molecular weight is 393 g/mol. The van der Waals surface area contributed by atoms with Gasteiger partial charge in [0.1, 0.15) is 6.04 Å². The number of hydrogen-bond acceptors (Lipinski definition) is 7. The number of nitrogens with two attached hydrogens (primary N) is 1. The van der Waals surface area contributed by atoms with Gasteiger partial charge in [-0.1, -0.05) is 25.1 Å². The minimum absolute atomic E-state index is 0.353. The lowest BCUT2D eigenvalue weighted by atomic mass is 9.87. The van der Waals surface area contributed by atoms with Crippen molar-refractivity contribution >= 4 is 29.7 Å². The van der Waals surface area contributed by atoms with Gasteiger partial charge in [0.15, 0.2) is 5.92 Å². The Kier molecular flexibility index (Phi) is 8.60. The zero-order valence-corrected chi connectivity index (χ0v) is 15.8. The summed E-state index contributed by atoms with van der Waals surface area (Å²) in [6.45, 7) is 0.933. The van der Waals surface area contributed by atoms with E-state index in [1.807, 2.05) is 0 Å². The van der Waals surface area contributed by atoms with E-state index in [4.69, 9.17) is 5.73 Å². The Morgan fingerprint density at radius 2 is 1.54 bits per heavy atom. The van der Waals surface area contributed by atoms with E-state index >= 15 is 0 Å².